The number of carbonyl (C=O) groups excluding carboxylic acids is 1. The SMILES string of the molecule is CCNC(=NCC(CC)Oc1ccccc1Cl)NCCCN1CCCC1=O.I. The van der Waals surface area contributed by atoms with Gasteiger partial charge in [-0.05, 0) is 38.3 Å². The quantitative estimate of drug-likeness (QED) is 0.213. The average molecular weight is 523 g/mol. The van der Waals surface area contributed by atoms with Gasteiger partial charge in [0.05, 0.1) is 11.6 Å². The third-order valence-electron chi connectivity index (χ3n) is 4.45. The van der Waals surface area contributed by atoms with E-state index in [1.54, 1.807) is 0 Å². The maximum absolute atomic E-state index is 11.6. The Morgan fingerprint density at radius 2 is 2.11 bits per heavy atom. The number of benzene rings is 1. The molecule has 2 rings (SSSR count). The van der Waals surface area contributed by atoms with E-state index in [-0.39, 0.29) is 36.0 Å². The van der Waals surface area contributed by atoms with Gasteiger partial charge in [0.2, 0.25) is 5.91 Å². The summed E-state index contributed by atoms with van der Waals surface area (Å²) < 4.78 is 5.99. The molecule has 0 saturated carbocycles. The Morgan fingerprint density at radius 3 is 2.75 bits per heavy atom. The van der Waals surface area contributed by atoms with Gasteiger partial charge in [0.15, 0.2) is 5.96 Å². The second kappa shape index (κ2) is 13.9. The number of nitrogens with one attached hydrogen (secondary N) is 2. The molecule has 1 unspecified atom stereocenters. The first kappa shape index (κ1) is 24.8. The highest BCUT2D eigenvalue weighted by Crippen LogP contribution is 2.24. The molecule has 0 radical (unpaired) electrons. The van der Waals surface area contributed by atoms with Crippen molar-refractivity contribution in [3.8, 4) is 5.75 Å². The van der Waals surface area contributed by atoms with Crippen molar-refractivity contribution in [3.05, 3.63) is 29.3 Å². The number of hydrogen-bond acceptors (Lipinski definition) is 3. The molecule has 2 N–H and O–H groups in total. The van der Waals surface area contributed by atoms with Crippen molar-refractivity contribution in [2.45, 2.75) is 45.6 Å². The molecule has 0 bridgehead atoms. The lowest BCUT2D eigenvalue weighted by atomic mass is 10.2. The predicted molar refractivity (Wildman–Crippen MR) is 126 cm³/mol. The Labute approximate surface area is 190 Å². The number of amides is 1. The maximum atomic E-state index is 11.6. The van der Waals surface area contributed by atoms with Gasteiger partial charge in [0.1, 0.15) is 11.9 Å². The van der Waals surface area contributed by atoms with Crippen LogP contribution in [0, 0.1) is 0 Å². The molecule has 1 aromatic rings. The van der Waals surface area contributed by atoms with E-state index in [0.717, 1.165) is 51.4 Å². The summed E-state index contributed by atoms with van der Waals surface area (Å²) in [5.41, 5.74) is 0. The second-order valence-corrected chi connectivity index (χ2v) is 6.97. The first-order chi connectivity index (χ1) is 13.1. The standard InChI is InChI=1S/C20H31ClN4O2.HI/c1-3-16(27-18-10-6-5-9-17(18)21)15-24-20(22-4-2)23-12-8-14-25-13-7-11-19(25)26;/h5-6,9-10,16H,3-4,7-8,11-15H2,1-2H3,(H2,22,23,24);1H. The van der Waals surface area contributed by atoms with Crippen molar-refractivity contribution in [2.24, 2.45) is 4.99 Å². The molecule has 0 aromatic heterocycles. The number of guanidine groups is 1. The van der Waals surface area contributed by atoms with E-state index in [2.05, 4.69) is 22.5 Å². The van der Waals surface area contributed by atoms with Crippen molar-refractivity contribution in [1.29, 1.82) is 0 Å². The van der Waals surface area contributed by atoms with Crippen molar-refractivity contribution < 1.29 is 9.53 Å². The normalized spacial score (nSPS) is 15.2. The van der Waals surface area contributed by atoms with Crippen LogP contribution in [0.4, 0.5) is 0 Å². The Balaban J connectivity index is 0.00000392. The number of ether oxygens (including phenoxy) is 1. The first-order valence-electron chi connectivity index (χ1n) is 9.85. The Bertz CT molecular complexity index is 630. The summed E-state index contributed by atoms with van der Waals surface area (Å²) in [7, 11) is 0. The number of nitrogens with zero attached hydrogens (tertiary/aromatic N) is 2. The fraction of sp³-hybridized carbons (Fsp3) is 0.600. The molecule has 1 amide bonds. The van der Waals surface area contributed by atoms with E-state index in [1.165, 1.54) is 0 Å². The van der Waals surface area contributed by atoms with E-state index in [9.17, 15) is 4.79 Å². The van der Waals surface area contributed by atoms with Gasteiger partial charge >= 0.3 is 0 Å². The molecule has 1 atom stereocenters. The second-order valence-electron chi connectivity index (χ2n) is 6.56. The molecule has 1 heterocycles. The van der Waals surface area contributed by atoms with Gasteiger partial charge < -0.3 is 20.3 Å². The predicted octanol–water partition coefficient (Wildman–Crippen LogP) is 3.68. The molecule has 1 fully saturated rings. The van der Waals surface area contributed by atoms with Crippen molar-refractivity contribution in [3.63, 3.8) is 0 Å². The monoisotopic (exact) mass is 522 g/mol. The minimum atomic E-state index is -0.0393. The first-order valence-corrected chi connectivity index (χ1v) is 10.2. The van der Waals surface area contributed by atoms with Gasteiger partial charge in [0.25, 0.3) is 0 Å². The van der Waals surface area contributed by atoms with E-state index in [1.807, 2.05) is 36.1 Å². The van der Waals surface area contributed by atoms with E-state index in [4.69, 9.17) is 16.3 Å². The van der Waals surface area contributed by atoms with Crippen LogP contribution in [0.2, 0.25) is 5.02 Å². The van der Waals surface area contributed by atoms with E-state index < -0.39 is 0 Å². The zero-order valence-electron chi connectivity index (χ0n) is 16.7. The highest BCUT2D eigenvalue weighted by atomic mass is 127. The summed E-state index contributed by atoms with van der Waals surface area (Å²) in [6.45, 7) is 7.92. The number of aliphatic imine (C=N–C) groups is 1. The van der Waals surface area contributed by atoms with E-state index in [0.29, 0.717) is 23.7 Å². The van der Waals surface area contributed by atoms with Gasteiger partial charge in [-0.25, -0.2) is 4.99 Å². The molecule has 158 valence electrons. The van der Waals surface area contributed by atoms with E-state index >= 15 is 0 Å². The zero-order valence-corrected chi connectivity index (χ0v) is 19.8. The van der Waals surface area contributed by atoms with Crippen LogP contribution in [-0.2, 0) is 4.79 Å². The average Bonchev–Trinajstić information content (AvgIpc) is 3.08. The maximum Gasteiger partial charge on any atom is 0.222 e. The molecular formula is C20H32ClIN4O2. The lowest BCUT2D eigenvalue weighted by molar-refractivity contribution is -0.127. The molecule has 28 heavy (non-hydrogen) atoms. The number of hydrogen-bond donors (Lipinski definition) is 2. The fourth-order valence-corrected chi connectivity index (χ4v) is 3.10. The van der Waals surface area contributed by atoms with Crippen molar-refractivity contribution in [1.82, 2.24) is 15.5 Å². The van der Waals surface area contributed by atoms with Gasteiger partial charge in [-0.3, -0.25) is 4.79 Å². The van der Waals surface area contributed by atoms with Crippen molar-refractivity contribution >= 4 is 47.4 Å². The molecule has 1 aliphatic rings. The lowest BCUT2D eigenvalue weighted by Crippen LogP contribution is -2.39. The van der Waals surface area contributed by atoms with Gasteiger partial charge in [-0.15, -0.1) is 24.0 Å². The Morgan fingerprint density at radius 1 is 1.32 bits per heavy atom. The molecule has 1 aromatic carbocycles. The number of halogens is 2. The molecule has 1 aliphatic heterocycles. The smallest absolute Gasteiger partial charge is 0.222 e. The number of likely N-dealkylation sites (tertiary alicyclic amines) is 1. The topological polar surface area (TPSA) is 66.0 Å². The van der Waals surface area contributed by atoms with Crippen molar-refractivity contribution in [2.75, 3.05) is 32.7 Å². The third kappa shape index (κ3) is 8.43. The summed E-state index contributed by atoms with van der Waals surface area (Å²) in [6.07, 6.45) is 3.39. The molecule has 0 aliphatic carbocycles. The van der Waals surface area contributed by atoms with Gasteiger partial charge in [-0.1, -0.05) is 30.7 Å². The highest BCUT2D eigenvalue weighted by molar-refractivity contribution is 14.0. The van der Waals surface area contributed by atoms with Crippen LogP contribution in [0.25, 0.3) is 0 Å². The van der Waals surface area contributed by atoms with Crippen LogP contribution in [0.5, 0.6) is 5.75 Å². The molecule has 8 heteroatoms. The van der Waals surface area contributed by atoms with Crippen LogP contribution in [-0.4, -0.2) is 55.6 Å². The summed E-state index contributed by atoms with van der Waals surface area (Å²) in [4.78, 5) is 18.2. The Hall–Kier alpha value is -1.22. The molecule has 6 nitrogen and oxygen atoms in total. The van der Waals surface area contributed by atoms with Crippen LogP contribution in [0.1, 0.15) is 39.5 Å². The van der Waals surface area contributed by atoms with Crippen LogP contribution in [0.3, 0.4) is 0 Å². The summed E-state index contributed by atoms with van der Waals surface area (Å²) >= 11 is 6.17. The molecule has 1 saturated heterocycles. The Kier molecular flexibility index (Phi) is 12.3. The summed E-state index contributed by atoms with van der Waals surface area (Å²) in [5, 5.41) is 7.20. The number of carbonyl (C=O) groups is 1. The summed E-state index contributed by atoms with van der Waals surface area (Å²) in [6, 6.07) is 7.49. The minimum absolute atomic E-state index is 0. The summed E-state index contributed by atoms with van der Waals surface area (Å²) in [5.74, 6) is 1.74. The molecular weight excluding hydrogens is 491 g/mol. The lowest BCUT2D eigenvalue weighted by Gasteiger charge is -2.19. The van der Waals surface area contributed by atoms with Crippen LogP contribution in [0.15, 0.2) is 29.3 Å². The zero-order chi connectivity index (χ0) is 19.5. The number of rotatable bonds is 10. The fourth-order valence-electron chi connectivity index (χ4n) is 2.92. The highest BCUT2D eigenvalue weighted by Gasteiger charge is 2.19. The minimum Gasteiger partial charge on any atom is -0.487 e. The molecule has 0 spiro atoms. The van der Waals surface area contributed by atoms with Crippen LogP contribution >= 0.6 is 35.6 Å². The van der Waals surface area contributed by atoms with Crippen LogP contribution < -0.4 is 15.4 Å². The largest absolute Gasteiger partial charge is 0.487 e. The van der Waals surface area contributed by atoms with Gasteiger partial charge in [-0.2, -0.15) is 0 Å². The third-order valence-corrected chi connectivity index (χ3v) is 4.76. The number of para-hydroxylation sites is 1. The van der Waals surface area contributed by atoms with Gasteiger partial charge in [0, 0.05) is 32.6 Å².